The summed E-state index contributed by atoms with van der Waals surface area (Å²) < 4.78 is 37.2. The van der Waals surface area contributed by atoms with Crippen molar-refractivity contribution in [3.8, 4) is 22.6 Å². The zero-order valence-electron chi connectivity index (χ0n) is 15.7. The number of aryl methyl sites for hydroxylation is 3. The zero-order valence-corrected chi connectivity index (χ0v) is 16.5. The van der Waals surface area contributed by atoms with E-state index in [1.54, 1.807) is 36.9 Å². The molecule has 9 heteroatoms. The fourth-order valence-corrected chi connectivity index (χ4v) is 3.49. The number of fused-ring (bicyclic) bond motifs is 1. The van der Waals surface area contributed by atoms with Gasteiger partial charge in [-0.05, 0) is 54.8 Å². The van der Waals surface area contributed by atoms with Gasteiger partial charge in [-0.1, -0.05) is 11.6 Å². The Kier molecular flexibility index (Phi) is 4.46. The quantitative estimate of drug-likeness (QED) is 0.653. The number of carbonyl (C=O) groups excluding carboxylic acids is 1. The summed E-state index contributed by atoms with van der Waals surface area (Å²) in [5.41, 5.74) is 3.19. The molecular formula is C20H16ClF2N3O3. The minimum atomic E-state index is -3.67. The maximum Gasteiger partial charge on any atom is 0.586 e. The first-order valence-electron chi connectivity index (χ1n) is 8.64. The van der Waals surface area contributed by atoms with E-state index in [1.165, 1.54) is 18.3 Å². The number of ether oxygens (including phenoxy) is 2. The highest BCUT2D eigenvalue weighted by Gasteiger charge is 2.43. The molecular weight excluding hydrogens is 404 g/mol. The third kappa shape index (κ3) is 3.51. The summed E-state index contributed by atoms with van der Waals surface area (Å²) >= 11 is 6.19. The van der Waals surface area contributed by atoms with Gasteiger partial charge in [0.1, 0.15) is 11.5 Å². The van der Waals surface area contributed by atoms with Gasteiger partial charge in [-0.25, -0.2) is 4.98 Å². The van der Waals surface area contributed by atoms with Gasteiger partial charge in [0.25, 0.3) is 5.91 Å². The molecule has 1 aliphatic heterocycles. The van der Waals surface area contributed by atoms with Crippen LogP contribution in [0.5, 0.6) is 11.5 Å². The highest BCUT2D eigenvalue weighted by molar-refractivity contribution is 6.35. The number of carbonyl (C=O) groups is 1. The Morgan fingerprint density at radius 3 is 2.45 bits per heavy atom. The Morgan fingerprint density at radius 1 is 1.17 bits per heavy atom. The molecule has 0 saturated carbocycles. The molecule has 0 aliphatic carbocycles. The lowest BCUT2D eigenvalue weighted by Crippen LogP contribution is -2.25. The van der Waals surface area contributed by atoms with E-state index >= 15 is 0 Å². The molecule has 0 radical (unpaired) electrons. The Bertz CT molecular complexity index is 1130. The van der Waals surface area contributed by atoms with Crippen LogP contribution in [0.1, 0.15) is 21.6 Å². The highest BCUT2D eigenvalue weighted by atomic mass is 35.5. The van der Waals surface area contributed by atoms with Crippen LogP contribution in [0.25, 0.3) is 11.1 Å². The second-order valence-corrected chi connectivity index (χ2v) is 7.13. The number of pyridine rings is 1. The number of anilines is 1. The Labute approximate surface area is 170 Å². The number of halogens is 3. The van der Waals surface area contributed by atoms with Gasteiger partial charge >= 0.3 is 6.29 Å². The smallest absolute Gasteiger partial charge is 0.395 e. The molecule has 2 aromatic heterocycles. The van der Waals surface area contributed by atoms with Crippen molar-refractivity contribution >= 4 is 23.3 Å². The number of hydrogen-bond acceptors (Lipinski definition) is 4. The van der Waals surface area contributed by atoms with Crippen molar-refractivity contribution in [2.75, 3.05) is 5.32 Å². The van der Waals surface area contributed by atoms with Gasteiger partial charge in [0.05, 0.1) is 5.02 Å². The van der Waals surface area contributed by atoms with Gasteiger partial charge in [0, 0.05) is 25.0 Å². The first-order valence-corrected chi connectivity index (χ1v) is 9.02. The Hall–Kier alpha value is -3.13. The second kappa shape index (κ2) is 6.73. The van der Waals surface area contributed by atoms with Crippen LogP contribution in [0.15, 0.2) is 36.7 Å². The molecule has 3 heterocycles. The lowest BCUT2D eigenvalue weighted by atomic mass is 10.0. The van der Waals surface area contributed by atoms with Crippen molar-refractivity contribution in [3.63, 3.8) is 0 Å². The molecule has 150 valence electrons. The molecule has 0 unspecified atom stereocenters. The topological polar surface area (TPSA) is 65.4 Å². The van der Waals surface area contributed by atoms with Crippen molar-refractivity contribution in [1.82, 2.24) is 9.55 Å². The fourth-order valence-electron chi connectivity index (χ4n) is 3.22. The van der Waals surface area contributed by atoms with Crippen molar-refractivity contribution in [1.29, 1.82) is 0 Å². The summed E-state index contributed by atoms with van der Waals surface area (Å²) in [4.78, 5) is 16.8. The monoisotopic (exact) mass is 419 g/mol. The van der Waals surface area contributed by atoms with Crippen molar-refractivity contribution in [2.24, 2.45) is 7.05 Å². The lowest BCUT2D eigenvalue weighted by molar-refractivity contribution is -0.286. The molecule has 1 amide bonds. The first-order chi connectivity index (χ1) is 13.6. The van der Waals surface area contributed by atoms with Crippen LogP contribution in [0.3, 0.4) is 0 Å². The summed E-state index contributed by atoms with van der Waals surface area (Å²) in [6, 6.07) is 6.31. The molecule has 1 aromatic carbocycles. The van der Waals surface area contributed by atoms with E-state index in [2.05, 4.69) is 19.8 Å². The minimum absolute atomic E-state index is 0.0113. The zero-order chi connectivity index (χ0) is 20.9. The SMILES string of the molecule is Cc1cc2c(cc1-c1ccc(NC(=O)c3c(Cl)c(C)cn3C)nc1)OC(F)(F)O2. The van der Waals surface area contributed by atoms with E-state index < -0.39 is 6.29 Å². The number of rotatable bonds is 3. The first kappa shape index (κ1) is 19.2. The molecule has 6 nitrogen and oxygen atoms in total. The van der Waals surface area contributed by atoms with Gasteiger partial charge < -0.3 is 19.4 Å². The fraction of sp³-hybridized carbons (Fsp3) is 0.200. The van der Waals surface area contributed by atoms with Crippen LogP contribution < -0.4 is 14.8 Å². The second-order valence-electron chi connectivity index (χ2n) is 6.75. The number of hydrogen-bond donors (Lipinski definition) is 1. The standard InChI is InChI=1S/C20H16ClF2N3O3/c1-10-6-14-15(29-20(22,23)28-14)7-13(10)12-4-5-16(24-8-12)25-19(27)18-17(21)11(2)9-26(18)3/h4-9H,1-3H3,(H,24,25,27). The van der Waals surface area contributed by atoms with Gasteiger partial charge in [-0.15, -0.1) is 8.78 Å². The van der Waals surface area contributed by atoms with Crippen LogP contribution >= 0.6 is 11.6 Å². The molecule has 1 aliphatic rings. The van der Waals surface area contributed by atoms with E-state index in [-0.39, 0.29) is 17.4 Å². The average molecular weight is 420 g/mol. The number of amides is 1. The third-order valence-electron chi connectivity index (χ3n) is 4.57. The maximum absolute atomic E-state index is 13.3. The molecule has 0 saturated heterocycles. The molecule has 3 aromatic rings. The molecule has 4 rings (SSSR count). The van der Waals surface area contributed by atoms with E-state index in [0.717, 1.165) is 11.1 Å². The summed E-state index contributed by atoms with van der Waals surface area (Å²) in [6.07, 6.45) is -0.369. The van der Waals surface area contributed by atoms with Gasteiger partial charge in [0.2, 0.25) is 0 Å². The van der Waals surface area contributed by atoms with Crippen molar-refractivity contribution < 1.29 is 23.0 Å². The summed E-state index contributed by atoms with van der Waals surface area (Å²) in [5, 5.41) is 3.08. The molecule has 29 heavy (non-hydrogen) atoms. The average Bonchev–Trinajstić information content (AvgIpc) is 3.07. The maximum atomic E-state index is 13.3. The van der Waals surface area contributed by atoms with E-state index in [0.29, 0.717) is 27.7 Å². The summed E-state index contributed by atoms with van der Waals surface area (Å²) in [6.45, 7) is 3.58. The molecule has 0 fully saturated rings. The molecule has 0 atom stereocenters. The minimum Gasteiger partial charge on any atom is -0.395 e. The number of benzene rings is 1. The lowest BCUT2D eigenvalue weighted by Gasteiger charge is -2.09. The predicted octanol–water partition coefficient (Wildman–Crippen LogP) is 4.93. The van der Waals surface area contributed by atoms with Crippen LogP contribution in [-0.2, 0) is 7.05 Å². The number of alkyl halides is 2. The molecule has 1 N–H and O–H groups in total. The van der Waals surface area contributed by atoms with Gasteiger partial charge in [-0.2, -0.15) is 0 Å². The van der Waals surface area contributed by atoms with Crippen LogP contribution in [0.4, 0.5) is 14.6 Å². The molecule has 0 bridgehead atoms. The number of nitrogens with zero attached hydrogens (tertiary/aromatic N) is 2. The van der Waals surface area contributed by atoms with Crippen LogP contribution in [0, 0.1) is 13.8 Å². The number of aromatic nitrogens is 2. The van der Waals surface area contributed by atoms with Crippen molar-refractivity contribution in [3.05, 3.63) is 58.5 Å². The van der Waals surface area contributed by atoms with Crippen LogP contribution in [0.2, 0.25) is 5.02 Å². The van der Waals surface area contributed by atoms with E-state index in [4.69, 9.17) is 11.6 Å². The summed E-state index contributed by atoms with van der Waals surface area (Å²) in [5.74, 6) is -0.101. The van der Waals surface area contributed by atoms with Gasteiger partial charge in [0.15, 0.2) is 11.5 Å². The predicted molar refractivity (Wildman–Crippen MR) is 104 cm³/mol. The highest BCUT2D eigenvalue weighted by Crippen LogP contribution is 2.44. The largest absolute Gasteiger partial charge is 0.586 e. The Balaban J connectivity index is 1.57. The Morgan fingerprint density at radius 2 is 1.86 bits per heavy atom. The molecule has 0 spiro atoms. The number of nitrogens with one attached hydrogen (secondary N) is 1. The van der Waals surface area contributed by atoms with E-state index in [9.17, 15) is 13.6 Å². The van der Waals surface area contributed by atoms with Gasteiger partial charge in [-0.3, -0.25) is 4.79 Å². The summed E-state index contributed by atoms with van der Waals surface area (Å²) in [7, 11) is 1.73. The van der Waals surface area contributed by atoms with Crippen molar-refractivity contribution in [2.45, 2.75) is 20.1 Å². The normalized spacial score (nSPS) is 14.1. The third-order valence-corrected chi connectivity index (χ3v) is 5.05. The van der Waals surface area contributed by atoms with Crippen LogP contribution in [-0.4, -0.2) is 21.8 Å². The van der Waals surface area contributed by atoms with E-state index in [1.807, 2.05) is 6.92 Å².